The van der Waals surface area contributed by atoms with Crippen LogP contribution in [0.25, 0.3) is 0 Å². The lowest BCUT2D eigenvalue weighted by atomic mass is 10.4. The van der Waals surface area contributed by atoms with Crippen molar-refractivity contribution in [1.82, 2.24) is 9.80 Å². The fourth-order valence-electron chi connectivity index (χ4n) is 0.887. The largest absolute Gasteiger partial charge is 0.412 e. The van der Waals surface area contributed by atoms with E-state index in [1.165, 1.54) is 0 Å². The lowest BCUT2D eigenvalue weighted by molar-refractivity contribution is 0.254. The van der Waals surface area contributed by atoms with Gasteiger partial charge in [-0.2, -0.15) is 0 Å². The third kappa shape index (κ3) is 1.92. The highest BCUT2D eigenvalue weighted by Gasteiger charge is 2.09. The Hall–Kier alpha value is -0.700. The van der Waals surface area contributed by atoms with Crippen LogP contribution in [0, 0.1) is 0 Å². The highest BCUT2D eigenvalue weighted by atomic mass is 16.0. The third-order valence-corrected chi connectivity index (χ3v) is 1.56. The molecule has 10 heavy (non-hydrogen) atoms. The number of hydrogen-bond acceptors (Lipinski definition) is 2. The first-order valence-corrected chi connectivity index (χ1v) is 3.34. The average molecular weight is 144 g/mol. The van der Waals surface area contributed by atoms with Crippen molar-refractivity contribution in [1.29, 1.82) is 0 Å². The molecule has 0 bridgehead atoms. The maximum absolute atomic E-state index is 2.29. The lowest BCUT2D eigenvalue weighted by Crippen LogP contribution is -2.28. The fraction of sp³-hybridized carbons (Fsp3) is 0.714. The van der Waals surface area contributed by atoms with Gasteiger partial charge in [-0.3, -0.25) is 0 Å². The van der Waals surface area contributed by atoms with E-state index in [4.69, 9.17) is 0 Å². The van der Waals surface area contributed by atoms with E-state index in [0.29, 0.717) is 6.04 Å². The van der Waals surface area contributed by atoms with Gasteiger partial charge < -0.3 is 15.3 Å². The number of nitrogens with zero attached hydrogens (tertiary/aromatic N) is 2. The van der Waals surface area contributed by atoms with Crippen LogP contribution in [0.1, 0.15) is 13.8 Å². The van der Waals surface area contributed by atoms with E-state index in [1.807, 2.05) is 0 Å². The van der Waals surface area contributed by atoms with Crippen molar-refractivity contribution in [3.05, 3.63) is 12.4 Å². The van der Waals surface area contributed by atoms with E-state index in [2.05, 4.69) is 43.1 Å². The van der Waals surface area contributed by atoms with Gasteiger partial charge in [0.05, 0.1) is 6.67 Å². The summed E-state index contributed by atoms with van der Waals surface area (Å²) in [7, 11) is 2.08. The van der Waals surface area contributed by atoms with Gasteiger partial charge in [-0.25, -0.2) is 0 Å². The van der Waals surface area contributed by atoms with Crippen LogP contribution in [0.15, 0.2) is 12.4 Å². The van der Waals surface area contributed by atoms with E-state index in [0.717, 1.165) is 6.67 Å². The molecule has 0 fully saturated rings. The molecule has 1 rings (SSSR count). The zero-order valence-electron chi connectivity index (χ0n) is 6.83. The summed E-state index contributed by atoms with van der Waals surface area (Å²) in [6.45, 7) is 5.44. The van der Waals surface area contributed by atoms with Gasteiger partial charge in [-0.1, -0.05) is 0 Å². The van der Waals surface area contributed by atoms with Gasteiger partial charge >= 0.3 is 0 Å². The Kier molecular flexibility index (Phi) is 3.22. The first-order chi connectivity index (χ1) is 4.20. The van der Waals surface area contributed by atoms with Crippen LogP contribution in [0.4, 0.5) is 0 Å². The Morgan fingerprint density at radius 1 is 1.30 bits per heavy atom. The van der Waals surface area contributed by atoms with E-state index < -0.39 is 0 Å². The van der Waals surface area contributed by atoms with Crippen LogP contribution in [-0.4, -0.2) is 35.0 Å². The topological polar surface area (TPSA) is 38.0 Å². The van der Waals surface area contributed by atoms with E-state index >= 15 is 0 Å². The molecule has 0 spiro atoms. The smallest absolute Gasteiger partial charge is 0.0893 e. The van der Waals surface area contributed by atoms with Gasteiger partial charge in [0, 0.05) is 25.5 Å². The first kappa shape index (κ1) is 9.30. The molecule has 0 unspecified atom stereocenters. The molecule has 0 aromatic carbocycles. The van der Waals surface area contributed by atoms with Crippen molar-refractivity contribution in [2.24, 2.45) is 0 Å². The van der Waals surface area contributed by atoms with Crippen molar-refractivity contribution in [2.75, 3.05) is 13.7 Å². The standard InChI is InChI=1S/C7H14N2.H2O/c1-7(2)9-5-4-8(3)6-9;/h4-5,7H,6H2,1-3H3;1H2. The molecule has 0 saturated heterocycles. The molecule has 3 heteroatoms. The summed E-state index contributed by atoms with van der Waals surface area (Å²) in [4.78, 5) is 4.46. The molecule has 0 aromatic rings. The Balaban J connectivity index is 0.000000810. The highest BCUT2D eigenvalue weighted by molar-refractivity contribution is 4.89. The molecule has 0 radical (unpaired) electrons. The van der Waals surface area contributed by atoms with E-state index in [9.17, 15) is 0 Å². The molecule has 1 aliphatic heterocycles. The first-order valence-electron chi connectivity index (χ1n) is 3.34. The van der Waals surface area contributed by atoms with Crippen molar-refractivity contribution in [3.63, 3.8) is 0 Å². The minimum Gasteiger partial charge on any atom is -0.412 e. The predicted octanol–water partition coefficient (Wildman–Crippen LogP) is 0.246. The van der Waals surface area contributed by atoms with Crippen molar-refractivity contribution in [2.45, 2.75) is 19.9 Å². The van der Waals surface area contributed by atoms with Gasteiger partial charge in [0.2, 0.25) is 0 Å². The molecule has 0 atom stereocenters. The van der Waals surface area contributed by atoms with Gasteiger partial charge in [0.15, 0.2) is 0 Å². The van der Waals surface area contributed by atoms with Gasteiger partial charge in [-0.15, -0.1) is 0 Å². The summed E-state index contributed by atoms with van der Waals surface area (Å²) in [5.74, 6) is 0. The second-order valence-corrected chi connectivity index (χ2v) is 2.80. The minimum atomic E-state index is 0. The Morgan fingerprint density at radius 3 is 2.10 bits per heavy atom. The van der Waals surface area contributed by atoms with Crippen LogP contribution < -0.4 is 0 Å². The van der Waals surface area contributed by atoms with Crippen LogP contribution in [-0.2, 0) is 0 Å². The summed E-state index contributed by atoms with van der Waals surface area (Å²) < 4.78 is 0. The van der Waals surface area contributed by atoms with Crippen molar-refractivity contribution in [3.8, 4) is 0 Å². The summed E-state index contributed by atoms with van der Waals surface area (Å²) in [6, 6.07) is 0.631. The average Bonchev–Trinajstić information content (AvgIpc) is 2.14. The van der Waals surface area contributed by atoms with Crippen LogP contribution in [0.3, 0.4) is 0 Å². The second kappa shape index (κ2) is 3.46. The summed E-state index contributed by atoms with van der Waals surface area (Å²) in [6.07, 6.45) is 4.23. The Bertz CT molecular complexity index is 123. The van der Waals surface area contributed by atoms with E-state index in [-0.39, 0.29) is 5.48 Å². The van der Waals surface area contributed by atoms with Crippen LogP contribution >= 0.6 is 0 Å². The second-order valence-electron chi connectivity index (χ2n) is 2.80. The Labute approximate surface area is 62.2 Å². The predicted molar refractivity (Wildman–Crippen MR) is 42.4 cm³/mol. The van der Waals surface area contributed by atoms with Gasteiger partial charge in [0.1, 0.15) is 0 Å². The number of hydrogen-bond donors (Lipinski definition) is 0. The zero-order chi connectivity index (χ0) is 6.85. The quantitative estimate of drug-likeness (QED) is 0.529. The van der Waals surface area contributed by atoms with Gasteiger partial charge in [0.25, 0.3) is 0 Å². The molecule has 2 N–H and O–H groups in total. The monoisotopic (exact) mass is 144 g/mol. The van der Waals surface area contributed by atoms with Crippen molar-refractivity contribution < 1.29 is 5.48 Å². The van der Waals surface area contributed by atoms with Gasteiger partial charge in [-0.05, 0) is 13.8 Å². The molecule has 60 valence electrons. The van der Waals surface area contributed by atoms with E-state index in [1.54, 1.807) is 0 Å². The van der Waals surface area contributed by atoms with Crippen LogP contribution in [0.2, 0.25) is 0 Å². The molecule has 0 saturated carbocycles. The molecule has 3 nitrogen and oxygen atoms in total. The third-order valence-electron chi connectivity index (χ3n) is 1.56. The van der Waals surface area contributed by atoms with Crippen LogP contribution in [0.5, 0.6) is 0 Å². The lowest BCUT2D eigenvalue weighted by Gasteiger charge is -2.21. The Morgan fingerprint density at radius 2 is 1.90 bits per heavy atom. The SMILES string of the molecule is CC(C)N1C=CN(C)C1.O. The van der Waals surface area contributed by atoms with Crippen molar-refractivity contribution >= 4 is 0 Å². The summed E-state index contributed by atoms with van der Waals surface area (Å²) in [5.41, 5.74) is 0. The minimum absolute atomic E-state index is 0. The molecular weight excluding hydrogens is 128 g/mol. The molecule has 1 aliphatic rings. The maximum Gasteiger partial charge on any atom is 0.0893 e. The molecule has 0 amide bonds. The summed E-state index contributed by atoms with van der Waals surface area (Å²) in [5, 5.41) is 0. The molecule has 1 heterocycles. The normalized spacial score (nSPS) is 16.4. The summed E-state index contributed by atoms with van der Waals surface area (Å²) >= 11 is 0. The molecule has 0 aliphatic carbocycles. The molecular formula is C7H16N2O. The zero-order valence-corrected chi connectivity index (χ0v) is 6.83. The fourth-order valence-corrected chi connectivity index (χ4v) is 0.887. The number of rotatable bonds is 1. The maximum atomic E-state index is 2.29. The highest BCUT2D eigenvalue weighted by Crippen LogP contribution is 2.06. The molecule has 0 aromatic heterocycles.